The van der Waals surface area contributed by atoms with Gasteiger partial charge >= 0.3 is 12.2 Å². The summed E-state index contributed by atoms with van der Waals surface area (Å²) < 4.78 is 39.0. The average molecular weight is 463 g/mol. The van der Waals surface area contributed by atoms with Crippen LogP contribution in [-0.2, 0) is 10.3 Å². The van der Waals surface area contributed by atoms with Gasteiger partial charge in [0.15, 0.2) is 0 Å². The maximum absolute atomic E-state index is 13.0. The van der Waals surface area contributed by atoms with E-state index in [0.29, 0.717) is 27.8 Å². The molecule has 6 N–H and O–H groups in total. The SMILES string of the molecule is CNC(=O)Nc1cnc2[nH]cc(-c3cncc([C@@](NCC(F)(F)F)(C(N)=O)C(C)C)c3)c2c1. The molecule has 176 valence electrons. The molecule has 3 rings (SSSR count). The maximum atomic E-state index is 13.0. The van der Waals surface area contributed by atoms with Gasteiger partial charge < -0.3 is 21.4 Å². The molecule has 1 atom stereocenters. The maximum Gasteiger partial charge on any atom is 0.401 e. The number of aromatic nitrogens is 3. The van der Waals surface area contributed by atoms with E-state index >= 15 is 0 Å². The summed E-state index contributed by atoms with van der Waals surface area (Å²) in [5.74, 6) is -1.55. The van der Waals surface area contributed by atoms with Crippen molar-refractivity contribution in [3.05, 3.63) is 42.5 Å². The lowest BCUT2D eigenvalue weighted by atomic mass is 9.79. The molecular weight excluding hydrogens is 439 g/mol. The van der Waals surface area contributed by atoms with E-state index in [1.807, 2.05) is 0 Å². The molecule has 0 spiro atoms. The van der Waals surface area contributed by atoms with Gasteiger partial charge in [-0.05, 0) is 18.1 Å². The fourth-order valence-electron chi connectivity index (χ4n) is 3.70. The lowest BCUT2D eigenvalue weighted by Crippen LogP contribution is -2.58. The summed E-state index contributed by atoms with van der Waals surface area (Å²) in [5, 5.41) is 8.03. The molecule has 3 amide bonds. The molecule has 0 bridgehead atoms. The number of nitrogens with one attached hydrogen (secondary N) is 4. The third-order valence-electron chi connectivity index (χ3n) is 5.34. The second kappa shape index (κ2) is 9.06. The van der Waals surface area contributed by atoms with Crippen LogP contribution in [0.25, 0.3) is 22.2 Å². The topological polar surface area (TPSA) is 138 Å². The second-order valence-corrected chi connectivity index (χ2v) is 7.78. The third kappa shape index (κ3) is 4.90. The number of fused-ring (bicyclic) bond motifs is 1. The molecule has 3 heterocycles. The number of halogens is 3. The Balaban J connectivity index is 2.09. The molecule has 0 radical (unpaired) electrons. The number of nitrogens with two attached hydrogens (primary N) is 1. The minimum absolute atomic E-state index is 0.202. The molecular formula is C21H24F3N7O2. The highest BCUT2D eigenvalue weighted by Gasteiger charge is 2.44. The minimum atomic E-state index is -4.54. The van der Waals surface area contributed by atoms with Crippen molar-refractivity contribution in [2.45, 2.75) is 25.6 Å². The van der Waals surface area contributed by atoms with Gasteiger partial charge in [-0.15, -0.1) is 0 Å². The average Bonchev–Trinajstić information content (AvgIpc) is 3.16. The number of hydrogen-bond donors (Lipinski definition) is 5. The van der Waals surface area contributed by atoms with Crippen molar-refractivity contribution in [3.8, 4) is 11.1 Å². The van der Waals surface area contributed by atoms with Crippen molar-refractivity contribution < 1.29 is 22.8 Å². The smallest absolute Gasteiger partial charge is 0.368 e. The summed E-state index contributed by atoms with van der Waals surface area (Å²) in [6, 6.07) is 2.85. The number of aromatic amines is 1. The number of urea groups is 1. The van der Waals surface area contributed by atoms with Gasteiger partial charge in [0.2, 0.25) is 5.91 Å². The van der Waals surface area contributed by atoms with Crippen molar-refractivity contribution in [3.63, 3.8) is 0 Å². The summed E-state index contributed by atoms with van der Waals surface area (Å²) in [5.41, 5.74) is 6.14. The molecule has 0 unspecified atom stereocenters. The number of anilines is 1. The number of alkyl halides is 3. The van der Waals surface area contributed by atoms with E-state index in [0.717, 1.165) is 0 Å². The monoisotopic (exact) mass is 463 g/mol. The highest BCUT2D eigenvalue weighted by atomic mass is 19.4. The van der Waals surface area contributed by atoms with Gasteiger partial charge in [-0.2, -0.15) is 13.2 Å². The van der Waals surface area contributed by atoms with E-state index in [4.69, 9.17) is 5.73 Å². The normalized spacial score (nSPS) is 13.7. The van der Waals surface area contributed by atoms with E-state index in [2.05, 4.69) is 30.9 Å². The first kappa shape index (κ1) is 24.0. The first-order valence-electron chi connectivity index (χ1n) is 10.0. The Morgan fingerprint density at radius 2 is 1.91 bits per heavy atom. The number of rotatable bonds is 7. The molecule has 3 aromatic rings. The Labute approximate surface area is 187 Å². The fourth-order valence-corrected chi connectivity index (χ4v) is 3.70. The van der Waals surface area contributed by atoms with Gasteiger partial charge in [0.1, 0.15) is 11.2 Å². The van der Waals surface area contributed by atoms with Gasteiger partial charge in [0.05, 0.1) is 18.4 Å². The molecule has 0 aliphatic heterocycles. The van der Waals surface area contributed by atoms with Crippen LogP contribution in [0.4, 0.5) is 23.7 Å². The van der Waals surface area contributed by atoms with Gasteiger partial charge in [-0.25, -0.2) is 9.78 Å². The molecule has 9 nitrogen and oxygen atoms in total. The molecule has 0 saturated heterocycles. The Bertz CT molecular complexity index is 1180. The number of pyridine rings is 2. The van der Waals surface area contributed by atoms with Crippen molar-refractivity contribution in [2.24, 2.45) is 11.7 Å². The van der Waals surface area contributed by atoms with E-state index in [9.17, 15) is 22.8 Å². The van der Waals surface area contributed by atoms with Crippen molar-refractivity contribution in [1.82, 2.24) is 25.6 Å². The molecule has 0 aromatic carbocycles. The van der Waals surface area contributed by atoms with Gasteiger partial charge in [-0.1, -0.05) is 13.8 Å². The molecule has 33 heavy (non-hydrogen) atoms. The molecule has 0 aliphatic rings. The third-order valence-corrected chi connectivity index (χ3v) is 5.34. The number of nitrogens with zero attached hydrogens (tertiary/aromatic N) is 2. The Morgan fingerprint density at radius 3 is 2.52 bits per heavy atom. The van der Waals surface area contributed by atoms with Gasteiger partial charge in [0.25, 0.3) is 0 Å². The standard InChI is InChI=1S/C21H24F3N7O2/c1-11(2)21(18(25)32,30-10-20(22,23)24)13-4-12(6-27-7-13)16-9-29-17-15(16)5-14(8-28-17)31-19(33)26-3/h4-9,11,30H,10H2,1-3H3,(H2,25,32)(H,28,29)(H2,26,31,33)/t21-/m1/s1. The molecule has 0 aliphatic carbocycles. The van der Waals surface area contributed by atoms with E-state index in [1.165, 1.54) is 25.6 Å². The van der Waals surface area contributed by atoms with Crippen LogP contribution in [0.1, 0.15) is 19.4 Å². The number of primary amides is 1. The van der Waals surface area contributed by atoms with E-state index in [-0.39, 0.29) is 5.56 Å². The van der Waals surface area contributed by atoms with Crippen LogP contribution in [0.15, 0.2) is 36.9 Å². The van der Waals surface area contributed by atoms with Crippen LogP contribution in [0.5, 0.6) is 0 Å². The summed E-state index contributed by atoms with van der Waals surface area (Å²) in [4.78, 5) is 35.5. The predicted molar refractivity (Wildman–Crippen MR) is 117 cm³/mol. The second-order valence-electron chi connectivity index (χ2n) is 7.78. The highest BCUT2D eigenvalue weighted by molar-refractivity contribution is 5.98. The number of carbonyl (C=O) groups is 2. The highest BCUT2D eigenvalue weighted by Crippen LogP contribution is 2.35. The molecule has 0 saturated carbocycles. The summed E-state index contributed by atoms with van der Waals surface area (Å²) in [7, 11) is 1.48. The summed E-state index contributed by atoms with van der Waals surface area (Å²) >= 11 is 0. The van der Waals surface area contributed by atoms with Gasteiger partial charge in [-0.3, -0.25) is 15.1 Å². The Morgan fingerprint density at radius 1 is 1.18 bits per heavy atom. The largest absolute Gasteiger partial charge is 0.401 e. The number of amides is 3. The molecule has 12 heteroatoms. The van der Waals surface area contributed by atoms with Crippen molar-refractivity contribution in [2.75, 3.05) is 18.9 Å². The van der Waals surface area contributed by atoms with Crippen molar-refractivity contribution >= 4 is 28.7 Å². The zero-order chi connectivity index (χ0) is 24.4. The van der Waals surface area contributed by atoms with Crippen LogP contribution in [0.3, 0.4) is 0 Å². The Kier molecular flexibility index (Phi) is 6.58. The minimum Gasteiger partial charge on any atom is -0.368 e. The number of carbonyl (C=O) groups excluding carboxylic acids is 2. The number of H-pyrrole nitrogens is 1. The predicted octanol–water partition coefficient (Wildman–Crippen LogP) is 2.86. The van der Waals surface area contributed by atoms with E-state index < -0.39 is 36.1 Å². The lowest BCUT2D eigenvalue weighted by Gasteiger charge is -2.36. The van der Waals surface area contributed by atoms with Crippen LogP contribution in [0.2, 0.25) is 0 Å². The van der Waals surface area contributed by atoms with Gasteiger partial charge in [0, 0.05) is 47.7 Å². The lowest BCUT2D eigenvalue weighted by molar-refractivity contribution is -0.139. The quantitative estimate of drug-likeness (QED) is 0.367. The van der Waals surface area contributed by atoms with Crippen LogP contribution < -0.4 is 21.7 Å². The Hall–Kier alpha value is -3.67. The molecule has 0 fully saturated rings. The number of hydrogen-bond acceptors (Lipinski definition) is 5. The zero-order valence-electron chi connectivity index (χ0n) is 18.2. The van der Waals surface area contributed by atoms with Crippen LogP contribution in [0, 0.1) is 5.92 Å². The van der Waals surface area contributed by atoms with E-state index in [1.54, 1.807) is 32.2 Å². The first-order chi connectivity index (χ1) is 15.5. The summed E-state index contributed by atoms with van der Waals surface area (Å²) in [6.45, 7) is 1.81. The summed E-state index contributed by atoms with van der Waals surface area (Å²) in [6.07, 6.45) is 1.43. The van der Waals surface area contributed by atoms with Crippen molar-refractivity contribution in [1.29, 1.82) is 0 Å². The first-order valence-corrected chi connectivity index (χ1v) is 10.0. The van der Waals surface area contributed by atoms with Crippen LogP contribution >= 0.6 is 0 Å². The molecule has 3 aromatic heterocycles. The zero-order valence-corrected chi connectivity index (χ0v) is 18.2. The van der Waals surface area contributed by atoms with Crippen LogP contribution in [-0.4, -0.2) is 46.7 Å². The fraction of sp³-hybridized carbons (Fsp3) is 0.333.